The molecule has 0 saturated carbocycles. The topological polar surface area (TPSA) is 55.1 Å². The fourth-order valence-corrected chi connectivity index (χ4v) is 2.58. The van der Waals surface area contributed by atoms with Crippen LogP contribution in [-0.2, 0) is 0 Å². The van der Waals surface area contributed by atoms with Crippen LogP contribution in [0.2, 0.25) is 5.02 Å². The van der Waals surface area contributed by atoms with Crippen LogP contribution in [0.25, 0.3) is 16.9 Å². The summed E-state index contributed by atoms with van der Waals surface area (Å²) in [7, 11) is 0. The highest BCUT2D eigenvalue weighted by Gasteiger charge is 2.18. The fraction of sp³-hybridized carbons (Fsp3) is 0. The van der Waals surface area contributed by atoms with Crippen molar-refractivity contribution in [2.45, 2.75) is 0 Å². The van der Waals surface area contributed by atoms with Crippen LogP contribution in [0.3, 0.4) is 0 Å². The normalized spacial score (nSPS) is 10.6. The Morgan fingerprint density at radius 1 is 1.14 bits per heavy atom. The molecule has 0 aliphatic carbocycles. The minimum atomic E-state index is -1.06. The highest BCUT2D eigenvalue weighted by molar-refractivity contribution is 9.10. The second-order valence-electron chi connectivity index (χ2n) is 4.59. The summed E-state index contributed by atoms with van der Waals surface area (Å²) in [4.78, 5) is 11.5. The van der Waals surface area contributed by atoms with Crippen molar-refractivity contribution >= 4 is 33.5 Å². The number of carboxylic acids is 1. The lowest BCUT2D eigenvalue weighted by atomic mass is 10.1. The monoisotopic (exact) mass is 376 g/mol. The van der Waals surface area contributed by atoms with Crippen LogP contribution in [-0.4, -0.2) is 20.9 Å². The minimum absolute atomic E-state index is 0.0611. The van der Waals surface area contributed by atoms with Crippen LogP contribution < -0.4 is 0 Å². The van der Waals surface area contributed by atoms with E-state index >= 15 is 0 Å². The Hall–Kier alpha value is -2.11. The van der Waals surface area contributed by atoms with Gasteiger partial charge in [-0.3, -0.25) is 0 Å². The molecule has 1 N–H and O–H groups in total. The van der Waals surface area contributed by atoms with Gasteiger partial charge >= 0.3 is 5.97 Å². The number of aromatic carboxylic acids is 1. The maximum absolute atomic E-state index is 11.5. The quantitative estimate of drug-likeness (QED) is 0.722. The van der Waals surface area contributed by atoms with Crippen molar-refractivity contribution in [2.75, 3.05) is 0 Å². The van der Waals surface area contributed by atoms with E-state index in [9.17, 15) is 9.90 Å². The maximum Gasteiger partial charge on any atom is 0.354 e. The summed E-state index contributed by atoms with van der Waals surface area (Å²) in [5.74, 6) is -1.06. The molecule has 0 fully saturated rings. The molecule has 0 amide bonds. The second-order valence-corrected chi connectivity index (χ2v) is 5.91. The number of aromatic nitrogens is 2. The number of rotatable bonds is 3. The Kier molecular flexibility index (Phi) is 4.00. The fourth-order valence-electron chi connectivity index (χ4n) is 2.10. The first kappa shape index (κ1) is 14.8. The third kappa shape index (κ3) is 2.77. The molecule has 0 atom stereocenters. The van der Waals surface area contributed by atoms with Crippen LogP contribution in [0.15, 0.2) is 59.1 Å². The van der Waals surface area contributed by atoms with E-state index in [-0.39, 0.29) is 5.69 Å². The summed E-state index contributed by atoms with van der Waals surface area (Å²) in [6.45, 7) is 0. The lowest BCUT2D eigenvalue weighted by Gasteiger charge is -2.06. The predicted molar refractivity (Wildman–Crippen MR) is 88.7 cm³/mol. The number of hydrogen-bond acceptors (Lipinski definition) is 2. The number of carbonyl (C=O) groups is 1. The van der Waals surface area contributed by atoms with Gasteiger partial charge in [0.1, 0.15) is 0 Å². The third-order valence-corrected chi connectivity index (χ3v) is 4.00. The van der Waals surface area contributed by atoms with Crippen molar-refractivity contribution in [3.63, 3.8) is 0 Å². The summed E-state index contributed by atoms with van der Waals surface area (Å²) in [5.41, 5.74) is 2.00. The van der Waals surface area contributed by atoms with Gasteiger partial charge in [0.2, 0.25) is 0 Å². The second kappa shape index (κ2) is 5.94. The number of nitrogens with zero attached hydrogens (tertiary/aromatic N) is 2. The average Bonchev–Trinajstić information content (AvgIpc) is 2.93. The van der Waals surface area contributed by atoms with E-state index in [4.69, 9.17) is 11.6 Å². The van der Waals surface area contributed by atoms with Crippen LogP contribution >= 0.6 is 27.5 Å². The van der Waals surface area contributed by atoms with Crippen LogP contribution in [0.4, 0.5) is 0 Å². The molecule has 110 valence electrons. The summed E-state index contributed by atoms with van der Waals surface area (Å²) >= 11 is 9.52. The Balaban J connectivity index is 2.17. The molecule has 1 heterocycles. The molecular formula is C16H10BrClN2O2. The van der Waals surface area contributed by atoms with E-state index in [1.54, 1.807) is 24.3 Å². The zero-order valence-electron chi connectivity index (χ0n) is 11.2. The number of para-hydroxylation sites is 1. The largest absolute Gasteiger partial charge is 0.477 e. The van der Waals surface area contributed by atoms with Gasteiger partial charge in [-0.1, -0.05) is 51.8 Å². The van der Waals surface area contributed by atoms with Crippen molar-refractivity contribution in [1.82, 2.24) is 9.78 Å². The van der Waals surface area contributed by atoms with Crippen LogP contribution in [0.5, 0.6) is 0 Å². The molecule has 0 unspecified atom stereocenters. The third-order valence-electron chi connectivity index (χ3n) is 3.15. The standard InChI is InChI=1S/C16H10BrClN2O2/c17-11-7-5-10(6-8-11)13-9-15(16(21)22)20(19-13)14-4-2-1-3-12(14)18/h1-9H,(H,21,22). The average molecular weight is 378 g/mol. The molecular weight excluding hydrogens is 368 g/mol. The molecule has 2 aromatic carbocycles. The van der Waals surface area contributed by atoms with Crippen molar-refractivity contribution < 1.29 is 9.90 Å². The first-order chi connectivity index (χ1) is 10.6. The van der Waals surface area contributed by atoms with Gasteiger partial charge < -0.3 is 5.11 Å². The molecule has 1 aromatic heterocycles. The Morgan fingerprint density at radius 3 is 2.45 bits per heavy atom. The van der Waals surface area contributed by atoms with E-state index < -0.39 is 5.97 Å². The van der Waals surface area contributed by atoms with Gasteiger partial charge in [0.05, 0.1) is 16.4 Å². The molecule has 0 bridgehead atoms. The van der Waals surface area contributed by atoms with Gasteiger partial charge in [0.25, 0.3) is 0 Å². The summed E-state index contributed by atoms with van der Waals surface area (Å²) in [5, 5.41) is 14.2. The summed E-state index contributed by atoms with van der Waals surface area (Å²) in [6, 6.07) is 16.0. The van der Waals surface area contributed by atoms with Crippen molar-refractivity contribution in [3.05, 3.63) is 69.8 Å². The highest BCUT2D eigenvalue weighted by Crippen LogP contribution is 2.26. The van der Waals surface area contributed by atoms with Crippen molar-refractivity contribution in [1.29, 1.82) is 0 Å². The maximum atomic E-state index is 11.5. The smallest absolute Gasteiger partial charge is 0.354 e. The van der Waals surface area contributed by atoms with E-state index in [0.717, 1.165) is 10.0 Å². The van der Waals surface area contributed by atoms with Gasteiger partial charge in [0.15, 0.2) is 5.69 Å². The Morgan fingerprint density at radius 2 is 1.82 bits per heavy atom. The SMILES string of the molecule is O=C(O)c1cc(-c2ccc(Br)cc2)nn1-c1ccccc1Cl. The zero-order chi connectivity index (χ0) is 15.7. The summed E-state index contributed by atoms with van der Waals surface area (Å²) in [6.07, 6.45) is 0. The predicted octanol–water partition coefficient (Wildman–Crippen LogP) is 4.65. The Bertz CT molecular complexity index is 844. The molecule has 0 saturated heterocycles. The van der Waals surface area contributed by atoms with Crippen LogP contribution in [0.1, 0.15) is 10.5 Å². The lowest BCUT2D eigenvalue weighted by molar-refractivity contribution is 0.0687. The van der Waals surface area contributed by atoms with E-state index in [1.807, 2.05) is 24.3 Å². The molecule has 0 aliphatic rings. The van der Waals surface area contributed by atoms with Crippen molar-refractivity contribution in [3.8, 4) is 16.9 Å². The minimum Gasteiger partial charge on any atom is -0.477 e. The molecule has 3 aromatic rings. The number of benzene rings is 2. The highest BCUT2D eigenvalue weighted by atomic mass is 79.9. The first-order valence-electron chi connectivity index (χ1n) is 6.40. The van der Waals surface area contributed by atoms with Gasteiger partial charge in [-0.25, -0.2) is 9.48 Å². The lowest BCUT2D eigenvalue weighted by Crippen LogP contribution is -2.08. The van der Waals surface area contributed by atoms with E-state index in [1.165, 1.54) is 10.7 Å². The zero-order valence-corrected chi connectivity index (χ0v) is 13.5. The molecule has 4 nitrogen and oxygen atoms in total. The molecule has 3 rings (SSSR count). The van der Waals surface area contributed by atoms with E-state index in [0.29, 0.717) is 16.4 Å². The number of hydrogen-bond donors (Lipinski definition) is 1. The van der Waals surface area contributed by atoms with Gasteiger partial charge in [-0.15, -0.1) is 0 Å². The van der Waals surface area contributed by atoms with Crippen LogP contribution in [0, 0.1) is 0 Å². The molecule has 22 heavy (non-hydrogen) atoms. The molecule has 0 spiro atoms. The molecule has 6 heteroatoms. The summed E-state index contributed by atoms with van der Waals surface area (Å²) < 4.78 is 2.29. The van der Waals surface area contributed by atoms with E-state index in [2.05, 4.69) is 21.0 Å². The Labute approximate surface area is 140 Å². The number of carboxylic acid groups (broad SMARTS) is 1. The number of halogens is 2. The molecule has 0 radical (unpaired) electrons. The first-order valence-corrected chi connectivity index (χ1v) is 7.57. The van der Waals surface area contributed by atoms with Crippen molar-refractivity contribution in [2.24, 2.45) is 0 Å². The molecule has 0 aliphatic heterocycles. The van der Waals surface area contributed by atoms with Gasteiger partial charge in [0, 0.05) is 10.0 Å². The van der Waals surface area contributed by atoms with Gasteiger partial charge in [-0.05, 0) is 30.3 Å². The van der Waals surface area contributed by atoms with Gasteiger partial charge in [-0.2, -0.15) is 5.10 Å².